The van der Waals surface area contributed by atoms with E-state index in [1.54, 1.807) is 51.1 Å². The molecule has 0 aliphatic carbocycles. The van der Waals surface area contributed by atoms with Gasteiger partial charge in [-0.15, -0.1) is 0 Å². The number of hydrogen-bond donors (Lipinski definition) is 0. The highest BCUT2D eigenvalue weighted by atomic mass is 16.6. The van der Waals surface area contributed by atoms with Crippen LogP contribution in [0.2, 0.25) is 0 Å². The van der Waals surface area contributed by atoms with Crippen LogP contribution >= 0.6 is 0 Å². The molecule has 1 atom stereocenters. The van der Waals surface area contributed by atoms with Crippen LogP contribution in [0.1, 0.15) is 43.6 Å². The van der Waals surface area contributed by atoms with E-state index in [0.29, 0.717) is 17.5 Å². The van der Waals surface area contributed by atoms with Crippen LogP contribution in [0.15, 0.2) is 52.2 Å². The van der Waals surface area contributed by atoms with Crippen LogP contribution < -0.4 is 11.2 Å². The first-order chi connectivity index (χ1) is 13.2. The second-order valence-corrected chi connectivity index (χ2v) is 7.72. The molecule has 1 fully saturated rings. The molecule has 8 nitrogen and oxygen atoms in total. The first-order valence-corrected chi connectivity index (χ1v) is 9.09. The van der Waals surface area contributed by atoms with Crippen molar-refractivity contribution in [3.05, 3.63) is 69.0 Å². The Kier molecular flexibility index (Phi) is 5.22. The summed E-state index contributed by atoms with van der Waals surface area (Å²) in [5, 5.41) is 0. The van der Waals surface area contributed by atoms with Crippen LogP contribution in [0.25, 0.3) is 0 Å². The van der Waals surface area contributed by atoms with E-state index in [4.69, 9.17) is 4.74 Å². The molecule has 1 aromatic carbocycles. The van der Waals surface area contributed by atoms with E-state index in [1.165, 1.54) is 21.7 Å². The molecular formula is C20H23N3O5. The van der Waals surface area contributed by atoms with E-state index in [1.807, 2.05) is 0 Å². The van der Waals surface area contributed by atoms with Crippen molar-refractivity contribution >= 4 is 12.0 Å². The Labute approximate surface area is 162 Å². The highest BCUT2D eigenvalue weighted by Crippen LogP contribution is 2.22. The summed E-state index contributed by atoms with van der Waals surface area (Å²) < 4.78 is 7.34. The average Bonchev–Trinajstić information content (AvgIpc) is 3.11. The third-order valence-electron chi connectivity index (χ3n) is 4.44. The Bertz CT molecular complexity index is 1000. The predicted molar refractivity (Wildman–Crippen MR) is 103 cm³/mol. The lowest BCUT2D eigenvalue weighted by Gasteiger charge is -2.24. The number of hydrogen-bond acceptors (Lipinski definition) is 5. The van der Waals surface area contributed by atoms with E-state index in [-0.39, 0.29) is 18.2 Å². The minimum Gasteiger partial charge on any atom is -0.444 e. The maximum atomic E-state index is 12.9. The number of benzene rings is 1. The van der Waals surface area contributed by atoms with Crippen molar-refractivity contribution < 1.29 is 14.3 Å². The summed E-state index contributed by atoms with van der Waals surface area (Å²) >= 11 is 0. The molecule has 3 rings (SSSR count). The molecule has 1 aromatic heterocycles. The fraction of sp³-hybridized carbons (Fsp3) is 0.400. The molecule has 0 N–H and O–H groups in total. The summed E-state index contributed by atoms with van der Waals surface area (Å²) in [6.07, 6.45) is 1.45. The van der Waals surface area contributed by atoms with E-state index in [9.17, 15) is 19.2 Å². The molecule has 148 valence electrons. The van der Waals surface area contributed by atoms with Crippen molar-refractivity contribution in [2.45, 2.75) is 38.8 Å². The van der Waals surface area contributed by atoms with Crippen LogP contribution in [0.5, 0.6) is 0 Å². The van der Waals surface area contributed by atoms with Crippen LogP contribution in [-0.4, -0.2) is 44.7 Å². The molecule has 1 unspecified atom stereocenters. The summed E-state index contributed by atoms with van der Waals surface area (Å²) in [7, 11) is 0. The third-order valence-corrected chi connectivity index (χ3v) is 4.44. The molecule has 8 heteroatoms. The standard InChI is InChI=1S/C20H23N3O5/c1-20(2,3)28-19(27)21-11-9-15(13-21)22-12-10-16(24)23(18(22)26)17(25)14-7-5-4-6-8-14/h4-8,10,12,15H,9,11,13H2,1-3H3. The van der Waals surface area contributed by atoms with Crippen molar-refractivity contribution in [3.8, 4) is 0 Å². The Morgan fingerprint density at radius 1 is 1.07 bits per heavy atom. The van der Waals surface area contributed by atoms with Gasteiger partial charge in [0.2, 0.25) is 0 Å². The third kappa shape index (κ3) is 4.05. The van der Waals surface area contributed by atoms with Crippen LogP contribution in [0.3, 0.4) is 0 Å². The van der Waals surface area contributed by atoms with Crippen LogP contribution in [0.4, 0.5) is 4.79 Å². The molecule has 1 saturated heterocycles. The molecule has 2 heterocycles. The zero-order valence-corrected chi connectivity index (χ0v) is 16.1. The van der Waals surface area contributed by atoms with E-state index >= 15 is 0 Å². The SMILES string of the molecule is CC(C)(C)OC(=O)N1CCC(n2ccc(=O)n(C(=O)c3ccccc3)c2=O)C1. The molecule has 0 saturated carbocycles. The normalized spacial score (nSPS) is 16.8. The highest BCUT2D eigenvalue weighted by Gasteiger charge is 2.31. The van der Waals surface area contributed by atoms with Gasteiger partial charge in [0.1, 0.15) is 5.60 Å². The predicted octanol–water partition coefficient (Wildman–Crippen LogP) is 1.88. The molecule has 0 radical (unpaired) electrons. The molecule has 0 spiro atoms. The van der Waals surface area contributed by atoms with E-state index in [0.717, 1.165) is 0 Å². The molecule has 1 amide bonds. The fourth-order valence-corrected chi connectivity index (χ4v) is 3.13. The number of likely N-dealkylation sites (tertiary alicyclic amines) is 1. The molecule has 0 bridgehead atoms. The Balaban J connectivity index is 1.87. The van der Waals surface area contributed by atoms with E-state index in [2.05, 4.69) is 0 Å². The number of nitrogens with zero attached hydrogens (tertiary/aromatic N) is 3. The summed E-state index contributed by atoms with van der Waals surface area (Å²) in [5.74, 6) is -0.674. The highest BCUT2D eigenvalue weighted by molar-refractivity contribution is 5.95. The number of rotatable bonds is 2. The second-order valence-electron chi connectivity index (χ2n) is 7.72. The van der Waals surface area contributed by atoms with Gasteiger partial charge in [-0.2, -0.15) is 4.57 Å². The minimum atomic E-state index is -0.711. The lowest BCUT2D eigenvalue weighted by atomic mass is 10.2. The molecule has 28 heavy (non-hydrogen) atoms. The van der Waals surface area contributed by atoms with Gasteiger partial charge in [-0.25, -0.2) is 9.59 Å². The zero-order valence-electron chi connectivity index (χ0n) is 16.1. The van der Waals surface area contributed by atoms with Crippen molar-refractivity contribution in [1.29, 1.82) is 0 Å². The fourth-order valence-electron chi connectivity index (χ4n) is 3.13. The van der Waals surface area contributed by atoms with Crippen LogP contribution in [0, 0.1) is 0 Å². The van der Waals surface area contributed by atoms with Gasteiger partial charge in [0.15, 0.2) is 0 Å². The summed E-state index contributed by atoms with van der Waals surface area (Å²) in [5.41, 5.74) is -1.75. The van der Waals surface area contributed by atoms with Gasteiger partial charge in [-0.1, -0.05) is 18.2 Å². The topological polar surface area (TPSA) is 90.6 Å². The van der Waals surface area contributed by atoms with E-state index < -0.39 is 28.9 Å². The lowest BCUT2D eigenvalue weighted by molar-refractivity contribution is 0.0288. The summed E-state index contributed by atoms with van der Waals surface area (Å²) in [6, 6.07) is 9.02. The lowest BCUT2D eigenvalue weighted by Crippen LogP contribution is -2.44. The van der Waals surface area contributed by atoms with Crippen molar-refractivity contribution in [1.82, 2.24) is 14.0 Å². The minimum absolute atomic E-state index is 0.251. The van der Waals surface area contributed by atoms with Gasteiger partial charge in [-0.3, -0.25) is 14.2 Å². The number of carbonyl (C=O) groups excluding carboxylic acids is 2. The van der Waals surface area contributed by atoms with Gasteiger partial charge in [0.25, 0.3) is 11.5 Å². The van der Waals surface area contributed by atoms with Gasteiger partial charge in [0, 0.05) is 30.9 Å². The molecule has 2 aromatic rings. The molecule has 1 aliphatic heterocycles. The number of carbonyl (C=O) groups is 2. The van der Waals surface area contributed by atoms with Crippen LogP contribution in [-0.2, 0) is 4.74 Å². The van der Waals surface area contributed by atoms with Crippen molar-refractivity contribution in [2.24, 2.45) is 0 Å². The number of amides is 1. The maximum absolute atomic E-state index is 12.9. The Hall–Kier alpha value is -3.16. The molecule has 1 aliphatic rings. The average molecular weight is 385 g/mol. The van der Waals surface area contributed by atoms with Gasteiger partial charge in [-0.05, 0) is 39.3 Å². The van der Waals surface area contributed by atoms with Crippen molar-refractivity contribution in [3.63, 3.8) is 0 Å². The quantitative estimate of drug-likeness (QED) is 0.787. The van der Waals surface area contributed by atoms with Gasteiger partial charge < -0.3 is 9.64 Å². The number of ether oxygens (including phenoxy) is 1. The number of aromatic nitrogens is 2. The molecular weight excluding hydrogens is 362 g/mol. The Morgan fingerprint density at radius 2 is 1.75 bits per heavy atom. The summed E-state index contributed by atoms with van der Waals surface area (Å²) in [6.45, 7) is 6.06. The first-order valence-electron chi connectivity index (χ1n) is 9.09. The summed E-state index contributed by atoms with van der Waals surface area (Å²) in [4.78, 5) is 51.5. The second kappa shape index (κ2) is 7.46. The van der Waals surface area contributed by atoms with Gasteiger partial charge >= 0.3 is 11.8 Å². The smallest absolute Gasteiger partial charge is 0.410 e. The van der Waals surface area contributed by atoms with Gasteiger partial charge in [0.05, 0.1) is 6.04 Å². The maximum Gasteiger partial charge on any atom is 0.410 e. The zero-order chi connectivity index (χ0) is 20.5. The largest absolute Gasteiger partial charge is 0.444 e. The van der Waals surface area contributed by atoms with Crippen molar-refractivity contribution in [2.75, 3.05) is 13.1 Å². The monoisotopic (exact) mass is 385 g/mol. The first kappa shape index (κ1) is 19.6. The Morgan fingerprint density at radius 3 is 2.39 bits per heavy atom.